The molecule has 2 aromatic carbocycles. The van der Waals surface area contributed by atoms with Crippen LogP contribution in [0.3, 0.4) is 0 Å². The molecule has 0 aliphatic rings. The highest BCUT2D eigenvalue weighted by Gasteiger charge is 2.29. The van der Waals surface area contributed by atoms with E-state index in [0.29, 0.717) is 37.2 Å². The largest absolute Gasteiger partial charge is 0.416 e. The maximum Gasteiger partial charge on any atom is 0.416 e. The first kappa shape index (κ1) is 24.0. The molecule has 3 rings (SSSR count). The number of hydrazone groups is 1. The molecule has 0 atom stereocenters. The van der Waals surface area contributed by atoms with E-state index in [4.69, 9.17) is 0 Å². The fourth-order valence-electron chi connectivity index (χ4n) is 3.47. The normalized spacial score (nSPS) is 11.8. The number of nitrogens with one attached hydrogen (secondary N) is 2. The van der Waals surface area contributed by atoms with E-state index in [1.807, 2.05) is 24.3 Å². The van der Waals surface area contributed by atoms with Crippen LogP contribution in [-0.4, -0.2) is 23.2 Å². The molecule has 1 aromatic heterocycles. The summed E-state index contributed by atoms with van der Waals surface area (Å²) in [6.45, 7) is 2.68. The SMILES string of the molecule is C/C=N/Nc1cc(=O)n(CCCCNC(=O)Cc2ccc(C(F)(F)F)cc2)c2ccccc12. The molecular weight excluding hydrogens is 433 g/mol. The summed E-state index contributed by atoms with van der Waals surface area (Å²) >= 11 is 0. The number of para-hydroxylation sites is 1. The van der Waals surface area contributed by atoms with Crippen LogP contribution in [0.1, 0.15) is 30.9 Å². The predicted octanol–water partition coefficient (Wildman–Crippen LogP) is 4.58. The van der Waals surface area contributed by atoms with Crippen molar-refractivity contribution in [1.82, 2.24) is 9.88 Å². The maximum absolute atomic E-state index is 12.6. The maximum atomic E-state index is 12.6. The number of aromatic nitrogens is 1. The third-order valence-corrected chi connectivity index (χ3v) is 5.11. The van der Waals surface area contributed by atoms with Crippen LogP contribution in [0, 0.1) is 0 Å². The average Bonchev–Trinajstić information content (AvgIpc) is 2.78. The number of anilines is 1. The van der Waals surface area contributed by atoms with E-state index in [1.165, 1.54) is 18.2 Å². The van der Waals surface area contributed by atoms with Gasteiger partial charge in [0.2, 0.25) is 5.91 Å². The molecule has 0 saturated heterocycles. The number of unbranched alkanes of at least 4 members (excludes halogenated alkanes) is 1. The van der Waals surface area contributed by atoms with Gasteiger partial charge in [0, 0.05) is 30.8 Å². The fourth-order valence-corrected chi connectivity index (χ4v) is 3.47. The van der Waals surface area contributed by atoms with Crippen molar-refractivity contribution in [3.8, 4) is 0 Å². The van der Waals surface area contributed by atoms with Crippen molar-refractivity contribution in [3.05, 3.63) is 76.1 Å². The van der Waals surface area contributed by atoms with Crippen LogP contribution in [-0.2, 0) is 23.9 Å². The lowest BCUT2D eigenvalue weighted by Gasteiger charge is -2.13. The van der Waals surface area contributed by atoms with Gasteiger partial charge in [0.05, 0.1) is 23.2 Å². The van der Waals surface area contributed by atoms with Crippen molar-refractivity contribution >= 4 is 28.7 Å². The van der Waals surface area contributed by atoms with Gasteiger partial charge in [-0.25, -0.2) is 0 Å². The minimum atomic E-state index is -4.39. The summed E-state index contributed by atoms with van der Waals surface area (Å²) in [6.07, 6.45) is -1.46. The molecule has 0 spiro atoms. The first-order chi connectivity index (χ1) is 15.8. The lowest BCUT2D eigenvalue weighted by atomic mass is 10.1. The highest BCUT2D eigenvalue weighted by atomic mass is 19.4. The van der Waals surface area contributed by atoms with Gasteiger partial charge in [0.25, 0.3) is 5.56 Å². The zero-order chi connectivity index (χ0) is 23.8. The Morgan fingerprint density at radius 2 is 1.82 bits per heavy atom. The Morgan fingerprint density at radius 3 is 2.52 bits per heavy atom. The number of carbonyl (C=O) groups excluding carboxylic acids is 1. The van der Waals surface area contributed by atoms with Crippen LogP contribution >= 0.6 is 0 Å². The van der Waals surface area contributed by atoms with Crippen molar-refractivity contribution in [1.29, 1.82) is 0 Å². The highest BCUT2D eigenvalue weighted by Crippen LogP contribution is 2.29. The number of benzene rings is 2. The van der Waals surface area contributed by atoms with Crippen molar-refractivity contribution < 1.29 is 18.0 Å². The predicted molar refractivity (Wildman–Crippen MR) is 123 cm³/mol. The molecule has 0 fully saturated rings. The fraction of sp³-hybridized carbons (Fsp3) is 0.292. The minimum absolute atomic E-state index is 0.0109. The molecule has 9 heteroatoms. The number of alkyl halides is 3. The third-order valence-electron chi connectivity index (χ3n) is 5.11. The lowest BCUT2D eigenvalue weighted by molar-refractivity contribution is -0.137. The Bertz CT molecular complexity index is 1190. The van der Waals surface area contributed by atoms with Crippen molar-refractivity contribution in [2.45, 2.75) is 38.9 Å². The molecule has 33 heavy (non-hydrogen) atoms. The average molecular weight is 458 g/mol. The van der Waals surface area contributed by atoms with Crippen LogP contribution in [0.2, 0.25) is 0 Å². The summed E-state index contributed by atoms with van der Waals surface area (Å²) in [5, 5.41) is 7.65. The molecular formula is C24H25F3N4O2. The summed E-state index contributed by atoms with van der Waals surface area (Å²) in [7, 11) is 0. The van der Waals surface area contributed by atoms with Crippen LogP contribution in [0.15, 0.2) is 64.5 Å². The minimum Gasteiger partial charge on any atom is -0.356 e. The van der Waals surface area contributed by atoms with Gasteiger partial charge in [-0.1, -0.05) is 30.3 Å². The van der Waals surface area contributed by atoms with Crippen LogP contribution < -0.4 is 16.3 Å². The van der Waals surface area contributed by atoms with Gasteiger partial charge in [-0.3, -0.25) is 15.0 Å². The van der Waals surface area contributed by atoms with E-state index in [-0.39, 0.29) is 17.9 Å². The number of nitrogens with zero attached hydrogens (tertiary/aromatic N) is 2. The van der Waals surface area contributed by atoms with E-state index in [9.17, 15) is 22.8 Å². The highest BCUT2D eigenvalue weighted by molar-refractivity contribution is 5.91. The van der Waals surface area contributed by atoms with Gasteiger partial charge < -0.3 is 9.88 Å². The molecule has 0 bridgehead atoms. The number of hydrogen-bond acceptors (Lipinski definition) is 4. The summed E-state index contributed by atoms with van der Waals surface area (Å²) in [4.78, 5) is 24.7. The standard InChI is InChI=1S/C24H25F3N4O2/c1-2-29-30-20-16-23(33)31(21-8-4-3-7-19(20)21)14-6-5-13-28-22(32)15-17-9-11-18(12-10-17)24(25,26)27/h2-4,7-12,16,30H,5-6,13-15H2,1H3,(H,28,32)/b29-2+. The van der Waals surface area contributed by atoms with Crippen LogP contribution in [0.4, 0.5) is 18.9 Å². The van der Waals surface area contributed by atoms with E-state index >= 15 is 0 Å². The monoisotopic (exact) mass is 458 g/mol. The Hall–Kier alpha value is -3.62. The van der Waals surface area contributed by atoms with Gasteiger partial charge in [-0.15, -0.1) is 0 Å². The zero-order valence-corrected chi connectivity index (χ0v) is 18.2. The third kappa shape index (κ3) is 6.44. The molecule has 0 radical (unpaired) electrons. The van der Waals surface area contributed by atoms with Gasteiger partial charge in [0.15, 0.2) is 0 Å². The molecule has 0 aliphatic heterocycles. The molecule has 174 valence electrons. The molecule has 3 aromatic rings. The van der Waals surface area contributed by atoms with E-state index in [2.05, 4.69) is 15.8 Å². The summed E-state index contributed by atoms with van der Waals surface area (Å²) in [5.41, 5.74) is 3.94. The quantitative estimate of drug-likeness (QED) is 0.280. The molecule has 1 heterocycles. The molecule has 6 nitrogen and oxygen atoms in total. The van der Waals surface area contributed by atoms with Gasteiger partial charge in [-0.05, 0) is 43.5 Å². The van der Waals surface area contributed by atoms with Crippen molar-refractivity contribution in [2.24, 2.45) is 5.10 Å². The van der Waals surface area contributed by atoms with E-state index in [0.717, 1.165) is 23.0 Å². The van der Waals surface area contributed by atoms with Crippen LogP contribution in [0.25, 0.3) is 10.9 Å². The Balaban J connectivity index is 1.51. The molecule has 0 saturated carbocycles. The first-order valence-electron chi connectivity index (χ1n) is 10.6. The van der Waals surface area contributed by atoms with Crippen molar-refractivity contribution in [2.75, 3.05) is 12.0 Å². The number of rotatable bonds is 9. The summed E-state index contributed by atoms with van der Waals surface area (Å²) < 4.78 is 39.5. The topological polar surface area (TPSA) is 75.5 Å². The number of fused-ring (bicyclic) bond motifs is 1. The van der Waals surface area contributed by atoms with Gasteiger partial charge >= 0.3 is 6.18 Å². The molecule has 0 aliphatic carbocycles. The molecule has 1 amide bonds. The van der Waals surface area contributed by atoms with Gasteiger partial charge in [0.1, 0.15) is 0 Å². The Kier molecular flexibility index (Phi) is 7.87. The zero-order valence-electron chi connectivity index (χ0n) is 18.2. The number of halogens is 3. The van der Waals surface area contributed by atoms with Gasteiger partial charge in [-0.2, -0.15) is 18.3 Å². The second kappa shape index (κ2) is 10.8. The smallest absolute Gasteiger partial charge is 0.356 e. The van der Waals surface area contributed by atoms with E-state index < -0.39 is 11.7 Å². The second-order valence-corrected chi connectivity index (χ2v) is 7.49. The number of hydrogen-bond donors (Lipinski definition) is 2. The number of aryl methyl sites for hydroxylation is 1. The second-order valence-electron chi connectivity index (χ2n) is 7.49. The first-order valence-corrected chi connectivity index (χ1v) is 10.6. The lowest BCUT2D eigenvalue weighted by Crippen LogP contribution is -2.27. The van der Waals surface area contributed by atoms with E-state index in [1.54, 1.807) is 17.7 Å². The Labute approximate surface area is 189 Å². The summed E-state index contributed by atoms with van der Waals surface area (Å²) in [6, 6.07) is 13.6. The molecule has 0 unspecified atom stereocenters. The van der Waals surface area contributed by atoms with Crippen LogP contribution in [0.5, 0.6) is 0 Å². The summed E-state index contributed by atoms with van der Waals surface area (Å²) in [5.74, 6) is -0.260. The number of carbonyl (C=O) groups is 1. The Morgan fingerprint density at radius 1 is 1.09 bits per heavy atom. The van der Waals surface area contributed by atoms with Crippen molar-refractivity contribution in [3.63, 3.8) is 0 Å². The number of pyridine rings is 1. The molecule has 2 N–H and O–H groups in total. The number of amides is 1.